The molecule has 3 nitrogen and oxygen atoms in total. The lowest BCUT2D eigenvalue weighted by molar-refractivity contribution is -0.128. The van der Waals surface area contributed by atoms with Crippen molar-refractivity contribution >= 4 is 5.91 Å². The van der Waals surface area contributed by atoms with Gasteiger partial charge in [0.2, 0.25) is 5.91 Å². The minimum absolute atomic E-state index is 0.175. The zero-order valence-electron chi connectivity index (χ0n) is 9.01. The average molecular weight is 187 g/mol. The maximum absolute atomic E-state index is 11.0. The van der Waals surface area contributed by atoms with E-state index in [4.69, 9.17) is 4.74 Å². The van der Waals surface area contributed by atoms with E-state index in [1.54, 1.807) is 14.0 Å². The standard InChI is InChI=1S/C10H21NO2/c1-4-11(10(2)12)8-6-5-7-9-13-3/h4-9H2,1-3H3. The maximum atomic E-state index is 11.0. The molecule has 78 valence electrons. The van der Waals surface area contributed by atoms with Gasteiger partial charge in [-0.05, 0) is 26.2 Å². The molecule has 0 saturated heterocycles. The third kappa shape index (κ3) is 6.58. The predicted octanol–water partition coefficient (Wildman–Crippen LogP) is 1.67. The first-order chi connectivity index (χ1) is 6.22. The highest BCUT2D eigenvalue weighted by atomic mass is 16.5. The van der Waals surface area contributed by atoms with Crippen LogP contribution in [0.2, 0.25) is 0 Å². The highest BCUT2D eigenvalue weighted by Gasteiger charge is 2.03. The zero-order chi connectivity index (χ0) is 10.1. The molecule has 0 aliphatic heterocycles. The van der Waals surface area contributed by atoms with Crippen LogP contribution in [-0.2, 0) is 9.53 Å². The molecule has 0 aromatic heterocycles. The number of hydrogen-bond donors (Lipinski definition) is 0. The van der Waals surface area contributed by atoms with E-state index in [0.717, 1.165) is 39.0 Å². The van der Waals surface area contributed by atoms with Gasteiger partial charge in [0, 0.05) is 33.7 Å². The summed E-state index contributed by atoms with van der Waals surface area (Å²) in [5.41, 5.74) is 0. The van der Waals surface area contributed by atoms with E-state index in [1.807, 2.05) is 11.8 Å². The van der Waals surface area contributed by atoms with Gasteiger partial charge in [0.15, 0.2) is 0 Å². The van der Waals surface area contributed by atoms with Crippen LogP contribution in [0.5, 0.6) is 0 Å². The Morgan fingerprint density at radius 3 is 2.46 bits per heavy atom. The van der Waals surface area contributed by atoms with Crippen LogP contribution in [0.3, 0.4) is 0 Å². The lowest BCUT2D eigenvalue weighted by Crippen LogP contribution is -2.29. The third-order valence-corrected chi connectivity index (χ3v) is 2.10. The molecule has 0 spiro atoms. The van der Waals surface area contributed by atoms with Crippen LogP contribution in [0.1, 0.15) is 33.1 Å². The molecular weight excluding hydrogens is 166 g/mol. The maximum Gasteiger partial charge on any atom is 0.219 e. The first kappa shape index (κ1) is 12.4. The molecule has 0 aromatic carbocycles. The summed E-state index contributed by atoms with van der Waals surface area (Å²) in [6.07, 6.45) is 3.31. The molecule has 3 heteroatoms. The summed E-state index contributed by atoms with van der Waals surface area (Å²) in [7, 11) is 1.72. The van der Waals surface area contributed by atoms with Crippen LogP contribution < -0.4 is 0 Å². The van der Waals surface area contributed by atoms with Gasteiger partial charge in [-0.25, -0.2) is 0 Å². The smallest absolute Gasteiger partial charge is 0.219 e. The molecule has 0 bridgehead atoms. The van der Waals surface area contributed by atoms with E-state index in [2.05, 4.69) is 0 Å². The zero-order valence-corrected chi connectivity index (χ0v) is 9.01. The van der Waals surface area contributed by atoms with Gasteiger partial charge in [0.05, 0.1) is 0 Å². The van der Waals surface area contributed by atoms with Gasteiger partial charge < -0.3 is 9.64 Å². The highest BCUT2D eigenvalue weighted by molar-refractivity contribution is 5.73. The number of carbonyl (C=O) groups excluding carboxylic acids is 1. The number of hydrogen-bond acceptors (Lipinski definition) is 2. The van der Waals surface area contributed by atoms with E-state index >= 15 is 0 Å². The van der Waals surface area contributed by atoms with Crippen molar-refractivity contribution in [3.05, 3.63) is 0 Å². The van der Waals surface area contributed by atoms with Crippen molar-refractivity contribution in [2.24, 2.45) is 0 Å². The lowest BCUT2D eigenvalue weighted by Gasteiger charge is -2.18. The molecule has 0 N–H and O–H groups in total. The van der Waals surface area contributed by atoms with Crippen LogP contribution >= 0.6 is 0 Å². The van der Waals surface area contributed by atoms with E-state index in [1.165, 1.54) is 0 Å². The highest BCUT2D eigenvalue weighted by Crippen LogP contribution is 1.99. The molecular formula is C10H21NO2. The Balaban J connectivity index is 3.33. The van der Waals surface area contributed by atoms with E-state index in [9.17, 15) is 4.79 Å². The van der Waals surface area contributed by atoms with Crippen LogP contribution in [0.15, 0.2) is 0 Å². The van der Waals surface area contributed by atoms with E-state index in [0.29, 0.717) is 0 Å². The summed E-state index contributed by atoms with van der Waals surface area (Å²) in [5.74, 6) is 0.175. The van der Waals surface area contributed by atoms with E-state index < -0.39 is 0 Å². The lowest BCUT2D eigenvalue weighted by atomic mass is 10.2. The summed E-state index contributed by atoms with van der Waals surface area (Å²) in [4.78, 5) is 12.9. The number of unbranched alkanes of at least 4 members (excludes halogenated alkanes) is 2. The SMILES string of the molecule is CCN(CCCCCOC)C(C)=O. The molecule has 1 amide bonds. The van der Waals surface area contributed by atoms with Crippen molar-refractivity contribution in [1.82, 2.24) is 4.90 Å². The van der Waals surface area contributed by atoms with Gasteiger partial charge in [0.25, 0.3) is 0 Å². The van der Waals surface area contributed by atoms with Crippen molar-refractivity contribution in [2.45, 2.75) is 33.1 Å². The molecule has 0 saturated carbocycles. The van der Waals surface area contributed by atoms with Crippen molar-refractivity contribution < 1.29 is 9.53 Å². The Morgan fingerprint density at radius 1 is 1.31 bits per heavy atom. The predicted molar refractivity (Wildman–Crippen MR) is 53.7 cm³/mol. The number of rotatable bonds is 7. The Bertz CT molecular complexity index is 137. The third-order valence-electron chi connectivity index (χ3n) is 2.10. The van der Waals surface area contributed by atoms with Crippen LogP contribution in [-0.4, -0.2) is 37.6 Å². The van der Waals surface area contributed by atoms with Crippen molar-refractivity contribution in [3.63, 3.8) is 0 Å². The second-order valence-electron chi connectivity index (χ2n) is 3.15. The molecule has 0 radical (unpaired) electrons. The summed E-state index contributed by atoms with van der Waals surface area (Å²) >= 11 is 0. The normalized spacial score (nSPS) is 10.1. The average Bonchev–Trinajstić information content (AvgIpc) is 2.10. The summed E-state index contributed by atoms with van der Waals surface area (Å²) in [5, 5.41) is 0. The quantitative estimate of drug-likeness (QED) is 0.567. The second-order valence-corrected chi connectivity index (χ2v) is 3.15. The molecule has 0 atom stereocenters. The molecule has 0 aliphatic rings. The first-order valence-electron chi connectivity index (χ1n) is 4.96. The number of methoxy groups -OCH3 is 1. The molecule has 0 unspecified atom stereocenters. The second kappa shape index (κ2) is 8.05. The minimum atomic E-state index is 0.175. The van der Waals surface area contributed by atoms with Gasteiger partial charge in [-0.3, -0.25) is 4.79 Å². The fourth-order valence-electron chi connectivity index (χ4n) is 1.26. The molecule has 0 heterocycles. The summed E-state index contributed by atoms with van der Waals surface area (Å²) < 4.78 is 4.94. The molecule has 13 heavy (non-hydrogen) atoms. The van der Waals surface area contributed by atoms with Gasteiger partial charge in [-0.1, -0.05) is 0 Å². The van der Waals surface area contributed by atoms with Crippen molar-refractivity contribution in [2.75, 3.05) is 26.8 Å². The largest absolute Gasteiger partial charge is 0.385 e. The van der Waals surface area contributed by atoms with Crippen LogP contribution in [0, 0.1) is 0 Å². The Hall–Kier alpha value is -0.570. The number of carbonyl (C=O) groups is 1. The number of ether oxygens (including phenoxy) is 1. The molecule has 0 rings (SSSR count). The van der Waals surface area contributed by atoms with Gasteiger partial charge >= 0.3 is 0 Å². The first-order valence-corrected chi connectivity index (χ1v) is 4.96. The van der Waals surface area contributed by atoms with Crippen LogP contribution in [0.4, 0.5) is 0 Å². The number of amides is 1. The fourth-order valence-corrected chi connectivity index (χ4v) is 1.26. The van der Waals surface area contributed by atoms with Gasteiger partial charge in [0.1, 0.15) is 0 Å². The Labute approximate surface area is 81.1 Å². The minimum Gasteiger partial charge on any atom is -0.385 e. The fraction of sp³-hybridized carbons (Fsp3) is 0.900. The van der Waals surface area contributed by atoms with Crippen LogP contribution in [0.25, 0.3) is 0 Å². The molecule has 0 aromatic rings. The van der Waals surface area contributed by atoms with E-state index in [-0.39, 0.29) is 5.91 Å². The van der Waals surface area contributed by atoms with Crippen molar-refractivity contribution in [1.29, 1.82) is 0 Å². The Kier molecular flexibility index (Phi) is 7.69. The molecule has 0 aliphatic carbocycles. The summed E-state index contributed by atoms with van der Waals surface area (Å²) in [6, 6.07) is 0. The topological polar surface area (TPSA) is 29.5 Å². The molecule has 0 fully saturated rings. The Morgan fingerprint density at radius 2 is 2.00 bits per heavy atom. The summed E-state index contributed by atoms with van der Waals surface area (Å²) in [6.45, 7) is 6.16. The number of nitrogens with zero attached hydrogens (tertiary/aromatic N) is 1. The monoisotopic (exact) mass is 187 g/mol. The van der Waals surface area contributed by atoms with Crippen molar-refractivity contribution in [3.8, 4) is 0 Å². The van der Waals surface area contributed by atoms with Gasteiger partial charge in [-0.2, -0.15) is 0 Å². The van der Waals surface area contributed by atoms with Gasteiger partial charge in [-0.15, -0.1) is 0 Å².